The summed E-state index contributed by atoms with van der Waals surface area (Å²) in [5.74, 6) is -0.863. The fraction of sp³-hybridized carbons (Fsp3) is 0.143. The van der Waals surface area contributed by atoms with Crippen LogP contribution < -0.4 is 10.5 Å². The predicted molar refractivity (Wildman–Crippen MR) is 76.0 cm³/mol. The van der Waals surface area contributed by atoms with E-state index in [2.05, 4.69) is 4.72 Å². The van der Waals surface area contributed by atoms with Crippen LogP contribution in [0.15, 0.2) is 53.4 Å². The summed E-state index contributed by atoms with van der Waals surface area (Å²) in [4.78, 5) is -0.511. The summed E-state index contributed by atoms with van der Waals surface area (Å²) in [5, 5.41) is 0. The van der Waals surface area contributed by atoms with Gasteiger partial charge in [0.2, 0.25) is 10.0 Å². The van der Waals surface area contributed by atoms with Crippen LogP contribution in [0.1, 0.15) is 18.5 Å². The van der Waals surface area contributed by atoms with Crippen LogP contribution in [0.25, 0.3) is 0 Å². The summed E-state index contributed by atoms with van der Waals surface area (Å²) in [5.41, 5.74) is 6.23. The molecule has 20 heavy (non-hydrogen) atoms. The largest absolute Gasteiger partial charge is 0.398 e. The number of halogens is 1. The molecule has 0 bridgehead atoms. The molecule has 1 unspecified atom stereocenters. The summed E-state index contributed by atoms with van der Waals surface area (Å²) < 4.78 is 40.6. The summed E-state index contributed by atoms with van der Waals surface area (Å²) >= 11 is 0. The summed E-state index contributed by atoms with van der Waals surface area (Å²) in [6, 6.07) is 12.3. The quantitative estimate of drug-likeness (QED) is 0.851. The molecule has 6 heteroatoms. The van der Waals surface area contributed by atoms with Crippen molar-refractivity contribution in [1.82, 2.24) is 4.72 Å². The molecule has 0 aliphatic carbocycles. The molecule has 0 aromatic heterocycles. The second-order valence-corrected chi connectivity index (χ2v) is 6.06. The number of nitrogens with two attached hydrogens (primary N) is 1. The first-order chi connectivity index (χ1) is 9.42. The molecule has 0 saturated carbocycles. The zero-order valence-corrected chi connectivity index (χ0v) is 11.7. The minimum Gasteiger partial charge on any atom is -0.398 e. The molecular weight excluding hydrogens is 279 g/mol. The highest BCUT2D eigenvalue weighted by Gasteiger charge is 2.24. The highest BCUT2D eigenvalue weighted by Crippen LogP contribution is 2.23. The van der Waals surface area contributed by atoms with Crippen LogP contribution in [0, 0.1) is 5.82 Å². The van der Waals surface area contributed by atoms with Gasteiger partial charge in [0.15, 0.2) is 0 Å². The van der Waals surface area contributed by atoms with Crippen molar-refractivity contribution in [3.05, 3.63) is 59.9 Å². The minimum atomic E-state index is -4.02. The molecule has 0 fully saturated rings. The maximum Gasteiger partial charge on any atom is 0.246 e. The van der Waals surface area contributed by atoms with E-state index in [1.807, 2.05) is 6.07 Å². The van der Waals surface area contributed by atoms with Crippen molar-refractivity contribution in [3.8, 4) is 0 Å². The van der Waals surface area contributed by atoms with Crippen LogP contribution in [0.2, 0.25) is 0 Å². The SMILES string of the molecule is CC(NS(=O)(=O)c1c(N)cccc1F)c1ccccc1. The Bertz CT molecular complexity index is 682. The van der Waals surface area contributed by atoms with E-state index in [1.54, 1.807) is 31.2 Å². The Morgan fingerprint density at radius 1 is 1.10 bits per heavy atom. The maximum absolute atomic E-state index is 13.7. The highest BCUT2D eigenvalue weighted by atomic mass is 32.2. The molecule has 2 aromatic carbocycles. The van der Waals surface area contributed by atoms with Crippen molar-refractivity contribution in [2.45, 2.75) is 17.9 Å². The van der Waals surface area contributed by atoms with Crippen molar-refractivity contribution in [2.75, 3.05) is 5.73 Å². The molecular formula is C14H15FN2O2S. The Kier molecular flexibility index (Phi) is 4.06. The zero-order chi connectivity index (χ0) is 14.8. The van der Waals surface area contributed by atoms with Gasteiger partial charge in [-0.15, -0.1) is 0 Å². The van der Waals surface area contributed by atoms with E-state index in [-0.39, 0.29) is 5.69 Å². The molecule has 0 radical (unpaired) electrons. The lowest BCUT2D eigenvalue weighted by Gasteiger charge is -2.16. The number of benzene rings is 2. The van der Waals surface area contributed by atoms with Crippen molar-refractivity contribution < 1.29 is 12.8 Å². The van der Waals surface area contributed by atoms with Gasteiger partial charge in [-0.25, -0.2) is 17.5 Å². The van der Waals surface area contributed by atoms with E-state index in [0.29, 0.717) is 0 Å². The van der Waals surface area contributed by atoms with Crippen molar-refractivity contribution in [3.63, 3.8) is 0 Å². The first-order valence-electron chi connectivity index (χ1n) is 6.03. The zero-order valence-electron chi connectivity index (χ0n) is 10.9. The average Bonchev–Trinajstić information content (AvgIpc) is 2.38. The van der Waals surface area contributed by atoms with Crippen LogP contribution >= 0.6 is 0 Å². The Morgan fingerprint density at radius 3 is 2.35 bits per heavy atom. The third kappa shape index (κ3) is 2.97. The van der Waals surface area contributed by atoms with Gasteiger partial charge in [0.1, 0.15) is 10.7 Å². The van der Waals surface area contributed by atoms with E-state index < -0.39 is 26.8 Å². The molecule has 4 nitrogen and oxygen atoms in total. The smallest absolute Gasteiger partial charge is 0.246 e. The summed E-state index contributed by atoms with van der Waals surface area (Å²) in [6.45, 7) is 1.68. The molecule has 0 amide bonds. The number of rotatable bonds is 4. The van der Waals surface area contributed by atoms with Gasteiger partial charge in [-0.2, -0.15) is 0 Å². The predicted octanol–water partition coefficient (Wildman–Crippen LogP) is 2.45. The van der Waals surface area contributed by atoms with Gasteiger partial charge >= 0.3 is 0 Å². The molecule has 0 aliphatic rings. The van der Waals surface area contributed by atoms with E-state index in [4.69, 9.17) is 5.73 Å². The third-order valence-electron chi connectivity index (χ3n) is 2.90. The number of hydrogen-bond donors (Lipinski definition) is 2. The fourth-order valence-corrected chi connectivity index (χ4v) is 3.33. The number of hydrogen-bond acceptors (Lipinski definition) is 3. The van der Waals surface area contributed by atoms with Crippen LogP contribution in [-0.4, -0.2) is 8.42 Å². The van der Waals surface area contributed by atoms with Gasteiger partial charge in [0.25, 0.3) is 0 Å². The second kappa shape index (κ2) is 5.60. The van der Waals surface area contributed by atoms with E-state index in [9.17, 15) is 12.8 Å². The van der Waals surface area contributed by atoms with E-state index in [1.165, 1.54) is 12.1 Å². The molecule has 0 aliphatic heterocycles. The molecule has 106 valence electrons. The topological polar surface area (TPSA) is 72.2 Å². The van der Waals surface area contributed by atoms with Crippen LogP contribution in [0.4, 0.5) is 10.1 Å². The third-order valence-corrected chi connectivity index (χ3v) is 4.53. The molecule has 1 atom stereocenters. The molecule has 2 aromatic rings. The Labute approximate surface area is 117 Å². The summed E-state index contributed by atoms with van der Waals surface area (Å²) in [7, 11) is -4.02. The van der Waals surface area contributed by atoms with Gasteiger partial charge in [0, 0.05) is 6.04 Å². The Morgan fingerprint density at radius 2 is 1.75 bits per heavy atom. The normalized spacial score (nSPS) is 13.1. The summed E-state index contributed by atoms with van der Waals surface area (Å²) in [6.07, 6.45) is 0. The van der Waals surface area contributed by atoms with Crippen molar-refractivity contribution in [2.24, 2.45) is 0 Å². The van der Waals surface area contributed by atoms with Crippen LogP contribution in [0.5, 0.6) is 0 Å². The lowest BCUT2D eigenvalue weighted by atomic mass is 10.1. The molecule has 0 heterocycles. The number of nitrogen functional groups attached to an aromatic ring is 1. The molecule has 0 saturated heterocycles. The minimum absolute atomic E-state index is 0.113. The van der Waals surface area contributed by atoms with Gasteiger partial charge in [0.05, 0.1) is 5.69 Å². The molecule has 2 rings (SSSR count). The van der Waals surface area contributed by atoms with Gasteiger partial charge < -0.3 is 5.73 Å². The van der Waals surface area contributed by atoms with Gasteiger partial charge in [-0.3, -0.25) is 0 Å². The number of nitrogens with one attached hydrogen (secondary N) is 1. The monoisotopic (exact) mass is 294 g/mol. The van der Waals surface area contributed by atoms with Crippen molar-refractivity contribution in [1.29, 1.82) is 0 Å². The van der Waals surface area contributed by atoms with Gasteiger partial charge in [-0.05, 0) is 24.6 Å². The number of anilines is 1. The second-order valence-electron chi connectivity index (χ2n) is 4.41. The lowest BCUT2D eigenvalue weighted by molar-refractivity contribution is 0.548. The van der Waals surface area contributed by atoms with Gasteiger partial charge in [-0.1, -0.05) is 36.4 Å². The standard InChI is InChI=1S/C14H15FN2O2S/c1-10(11-6-3-2-4-7-11)17-20(18,19)14-12(15)8-5-9-13(14)16/h2-10,17H,16H2,1H3. The lowest BCUT2D eigenvalue weighted by Crippen LogP contribution is -2.28. The number of sulfonamides is 1. The van der Waals surface area contributed by atoms with Crippen molar-refractivity contribution >= 4 is 15.7 Å². The van der Waals surface area contributed by atoms with E-state index >= 15 is 0 Å². The first-order valence-corrected chi connectivity index (χ1v) is 7.51. The Balaban J connectivity index is 2.33. The Hall–Kier alpha value is -1.92. The maximum atomic E-state index is 13.7. The average molecular weight is 294 g/mol. The molecule has 3 N–H and O–H groups in total. The van der Waals surface area contributed by atoms with E-state index in [0.717, 1.165) is 11.6 Å². The van der Waals surface area contributed by atoms with Crippen LogP contribution in [0.3, 0.4) is 0 Å². The fourth-order valence-electron chi connectivity index (χ4n) is 1.91. The first kappa shape index (κ1) is 14.5. The molecule has 0 spiro atoms. The highest BCUT2D eigenvalue weighted by molar-refractivity contribution is 7.89. The van der Waals surface area contributed by atoms with Crippen LogP contribution in [-0.2, 0) is 10.0 Å².